The molecule has 0 spiro atoms. The maximum absolute atomic E-state index is 13.3. The number of nitrogens with one attached hydrogen (secondary N) is 1. The van der Waals surface area contributed by atoms with E-state index in [2.05, 4.69) is 5.32 Å². The molecule has 0 fully saturated rings. The van der Waals surface area contributed by atoms with Crippen molar-refractivity contribution < 1.29 is 22.8 Å². The molecule has 10 heteroatoms. The standard InChI is InChI=1S/C24H28ClN3O5S/c1-16(22(30)26-24(2,3)4)27(15-17-9-5-7-11-19(17)25)21(29)13-14-28-23(31)18-10-6-8-12-20(18)34(28,32)33/h5-12,16H,13-15H2,1-4H3,(H,26,30)/t16-/m1/s1. The van der Waals surface area contributed by atoms with Crippen LogP contribution in [0, 0.1) is 0 Å². The van der Waals surface area contributed by atoms with Crippen LogP contribution in [0.4, 0.5) is 0 Å². The largest absolute Gasteiger partial charge is 0.350 e. The van der Waals surface area contributed by atoms with Crippen LogP contribution in [-0.2, 0) is 26.2 Å². The lowest BCUT2D eigenvalue weighted by Gasteiger charge is -2.32. The first-order valence-electron chi connectivity index (χ1n) is 10.8. The Balaban J connectivity index is 1.82. The SMILES string of the molecule is C[C@H](C(=O)NC(C)(C)C)N(Cc1ccccc1Cl)C(=O)CCN1C(=O)c2ccccc2S1(=O)=O. The summed E-state index contributed by atoms with van der Waals surface area (Å²) in [6.07, 6.45) is -0.281. The molecule has 2 aromatic rings. The van der Waals surface area contributed by atoms with Crippen LogP contribution < -0.4 is 5.32 Å². The molecule has 0 saturated heterocycles. The molecule has 0 bridgehead atoms. The van der Waals surface area contributed by atoms with Gasteiger partial charge in [-0.1, -0.05) is 41.9 Å². The van der Waals surface area contributed by atoms with Crippen molar-refractivity contribution in [3.8, 4) is 0 Å². The number of hydrogen-bond acceptors (Lipinski definition) is 5. The van der Waals surface area contributed by atoms with Crippen LogP contribution in [0.2, 0.25) is 5.02 Å². The Bertz CT molecular complexity index is 1220. The zero-order valence-corrected chi connectivity index (χ0v) is 21.1. The van der Waals surface area contributed by atoms with Gasteiger partial charge in [-0.25, -0.2) is 12.7 Å². The van der Waals surface area contributed by atoms with Crippen molar-refractivity contribution in [1.82, 2.24) is 14.5 Å². The highest BCUT2D eigenvalue weighted by Crippen LogP contribution is 2.30. The molecule has 1 aliphatic rings. The Morgan fingerprint density at radius 2 is 1.71 bits per heavy atom. The maximum atomic E-state index is 13.3. The number of halogens is 1. The van der Waals surface area contributed by atoms with E-state index in [0.717, 1.165) is 0 Å². The van der Waals surface area contributed by atoms with E-state index in [1.807, 2.05) is 20.8 Å². The maximum Gasteiger partial charge on any atom is 0.269 e. The van der Waals surface area contributed by atoms with E-state index in [1.54, 1.807) is 43.3 Å². The molecular weight excluding hydrogens is 478 g/mol. The molecule has 0 unspecified atom stereocenters. The van der Waals surface area contributed by atoms with E-state index in [0.29, 0.717) is 14.9 Å². The summed E-state index contributed by atoms with van der Waals surface area (Å²) in [7, 11) is -4.03. The van der Waals surface area contributed by atoms with Crippen LogP contribution in [0.15, 0.2) is 53.4 Å². The lowest BCUT2D eigenvalue weighted by molar-refractivity contribution is -0.141. The minimum absolute atomic E-state index is 0.0537. The second kappa shape index (κ2) is 9.76. The van der Waals surface area contributed by atoms with Crippen LogP contribution in [0.3, 0.4) is 0 Å². The van der Waals surface area contributed by atoms with Crippen molar-refractivity contribution in [1.29, 1.82) is 0 Å². The van der Waals surface area contributed by atoms with Crippen molar-refractivity contribution >= 4 is 39.3 Å². The predicted molar refractivity (Wildman–Crippen MR) is 129 cm³/mol. The fourth-order valence-corrected chi connectivity index (χ4v) is 5.42. The quantitative estimate of drug-likeness (QED) is 0.622. The van der Waals surface area contributed by atoms with Crippen LogP contribution in [0.5, 0.6) is 0 Å². The molecule has 1 N–H and O–H groups in total. The Hall–Kier alpha value is -2.91. The molecule has 1 aliphatic heterocycles. The van der Waals surface area contributed by atoms with Gasteiger partial charge < -0.3 is 10.2 Å². The van der Waals surface area contributed by atoms with Gasteiger partial charge >= 0.3 is 0 Å². The van der Waals surface area contributed by atoms with Gasteiger partial charge in [0.15, 0.2) is 0 Å². The second-order valence-electron chi connectivity index (χ2n) is 9.16. The van der Waals surface area contributed by atoms with E-state index < -0.39 is 33.4 Å². The molecule has 8 nitrogen and oxygen atoms in total. The highest BCUT2D eigenvalue weighted by Gasteiger charge is 2.41. The number of rotatable bonds is 7. The second-order valence-corrected chi connectivity index (χ2v) is 11.4. The van der Waals surface area contributed by atoms with E-state index in [1.165, 1.54) is 17.0 Å². The first kappa shape index (κ1) is 25.7. The third-order valence-electron chi connectivity index (χ3n) is 5.40. The van der Waals surface area contributed by atoms with E-state index in [9.17, 15) is 22.8 Å². The van der Waals surface area contributed by atoms with E-state index in [4.69, 9.17) is 11.6 Å². The summed E-state index contributed by atoms with van der Waals surface area (Å²) in [6.45, 7) is 6.82. The summed E-state index contributed by atoms with van der Waals surface area (Å²) in [6, 6.07) is 12.1. The van der Waals surface area contributed by atoms with Crippen molar-refractivity contribution in [2.24, 2.45) is 0 Å². The highest BCUT2D eigenvalue weighted by molar-refractivity contribution is 7.90. The molecule has 1 atom stereocenters. The zero-order valence-electron chi connectivity index (χ0n) is 19.5. The Kier molecular flexibility index (Phi) is 7.38. The monoisotopic (exact) mass is 505 g/mol. The summed E-state index contributed by atoms with van der Waals surface area (Å²) in [5, 5.41) is 3.30. The Labute approximate surface area is 204 Å². The molecule has 0 saturated carbocycles. The van der Waals surface area contributed by atoms with Gasteiger partial charge in [-0.2, -0.15) is 0 Å². The number of sulfonamides is 1. The van der Waals surface area contributed by atoms with Crippen molar-refractivity contribution in [2.45, 2.75) is 57.1 Å². The van der Waals surface area contributed by atoms with Crippen LogP contribution in [0.1, 0.15) is 50.0 Å². The third-order valence-corrected chi connectivity index (χ3v) is 7.61. The van der Waals surface area contributed by atoms with Gasteiger partial charge in [0.25, 0.3) is 15.9 Å². The third kappa shape index (κ3) is 5.42. The molecule has 3 amide bonds. The van der Waals surface area contributed by atoms with Gasteiger partial charge in [-0.05, 0) is 51.5 Å². The predicted octanol–water partition coefficient (Wildman–Crippen LogP) is 3.21. The number of fused-ring (bicyclic) bond motifs is 1. The molecule has 34 heavy (non-hydrogen) atoms. The Morgan fingerprint density at radius 1 is 1.09 bits per heavy atom. The molecule has 2 aromatic carbocycles. The molecule has 182 valence electrons. The highest BCUT2D eigenvalue weighted by atomic mass is 35.5. The van der Waals surface area contributed by atoms with Gasteiger partial charge in [0.1, 0.15) is 10.9 Å². The minimum atomic E-state index is -4.03. The first-order chi connectivity index (χ1) is 15.8. The smallest absolute Gasteiger partial charge is 0.269 e. The van der Waals surface area contributed by atoms with Crippen molar-refractivity contribution in [3.05, 3.63) is 64.7 Å². The molecule has 1 heterocycles. The average Bonchev–Trinajstić information content (AvgIpc) is 2.95. The number of nitrogens with zero attached hydrogens (tertiary/aromatic N) is 2. The topological polar surface area (TPSA) is 104 Å². The number of carbonyl (C=O) groups is 3. The summed E-state index contributed by atoms with van der Waals surface area (Å²) in [5.74, 6) is -1.50. The molecule has 0 aromatic heterocycles. The summed E-state index contributed by atoms with van der Waals surface area (Å²) in [5.41, 5.74) is 0.220. The summed E-state index contributed by atoms with van der Waals surface area (Å²) in [4.78, 5) is 40.1. The lowest BCUT2D eigenvalue weighted by Crippen LogP contribution is -2.52. The normalized spacial score (nSPS) is 15.6. The van der Waals surface area contributed by atoms with Crippen LogP contribution in [-0.4, -0.2) is 53.5 Å². The van der Waals surface area contributed by atoms with Gasteiger partial charge in [0.2, 0.25) is 11.8 Å². The van der Waals surface area contributed by atoms with Gasteiger partial charge in [0, 0.05) is 30.1 Å². The lowest BCUT2D eigenvalue weighted by atomic mass is 10.1. The number of benzene rings is 2. The molecule has 3 rings (SSSR count). The van der Waals surface area contributed by atoms with Crippen LogP contribution in [0.25, 0.3) is 0 Å². The van der Waals surface area contributed by atoms with E-state index >= 15 is 0 Å². The number of hydrogen-bond donors (Lipinski definition) is 1. The van der Waals surface area contributed by atoms with Gasteiger partial charge in [-0.3, -0.25) is 14.4 Å². The van der Waals surface area contributed by atoms with E-state index in [-0.39, 0.29) is 35.9 Å². The molecule has 0 radical (unpaired) electrons. The summed E-state index contributed by atoms with van der Waals surface area (Å²) < 4.78 is 26.3. The average molecular weight is 506 g/mol. The van der Waals surface area contributed by atoms with Crippen LogP contribution >= 0.6 is 11.6 Å². The van der Waals surface area contributed by atoms with Gasteiger partial charge in [0.05, 0.1) is 5.56 Å². The minimum Gasteiger partial charge on any atom is -0.350 e. The fourth-order valence-electron chi connectivity index (χ4n) is 3.66. The summed E-state index contributed by atoms with van der Waals surface area (Å²) >= 11 is 6.28. The number of amides is 3. The fraction of sp³-hybridized carbons (Fsp3) is 0.375. The van der Waals surface area contributed by atoms with Gasteiger partial charge in [-0.15, -0.1) is 0 Å². The zero-order chi connectivity index (χ0) is 25.3. The first-order valence-corrected chi connectivity index (χ1v) is 12.7. The Morgan fingerprint density at radius 3 is 2.32 bits per heavy atom. The van der Waals surface area contributed by atoms with Crippen molar-refractivity contribution in [3.63, 3.8) is 0 Å². The molecular formula is C24H28ClN3O5S. The molecule has 0 aliphatic carbocycles. The number of carbonyl (C=O) groups excluding carboxylic acids is 3. The van der Waals surface area contributed by atoms with Crippen molar-refractivity contribution in [2.75, 3.05) is 6.54 Å².